The third kappa shape index (κ3) is 4.50. The van der Waals surface area contributed by atoms with E-state index in [4.69, 9.17) is 4.98 Å². The van der Waals surface area contributed by atoms with Crippen molar-refractivity contribution in [2.24, 2.45) is 7.05 Å². The average molecular weight is 515 g/mol. The molecule has 1 atom stereocenters. The molecule has 3 amide bonds. The molecule has 1 unspecified atom stereocenters. The first-order valence-corrected chi connectivity index (χ1v) is 13.0. The zero-order chi connectivity index (χ0) is 26.4. The van der Waals surface area contributed by atoms with Crippen molar-refractivity contribution in [2.75, 3.05) is 13.1 Å². The lowest BCUT2D eigenvalue weighted by Crippen LogP contribution is -2.52. The fraction of sp³-hybridized carbons (Fsp3) is 0.393. The van der Waals surface area contributed by atoms with Crippen LogP contribution in [-0.2, 0) is 35.3 Å². The number of carbonyl (C=O) groups excluding carboxylic acids is 3. The molecule has 2 saturated heterocycles. The number of imide groups is 1. The molecule has 2 aromatic heterocycles. The molecule has 3 aliphatic rings. The fourth-order valence-corrected chi connectivity index (χ4v) is 5.66. The van der Waals surface area contributed by atoms with Crippen LogP contribution in [0.5, 0.6) is 0 Å². The molecule has 2 fully saturated rings. The smallest absolute Gasteiger partial charge is 0.256 e. The number of fused-ring (bicyclic) bond motifs is 1. The van der Waals surface area contributed by atoms with Gasteiger partial charge < -0.3 is 10.0 Å². The van der Waals surface area contributed by atoms with Crippen molar-refractivity contribution in [3.63, 3.8) is 0 Å². The lowest BCUT2D eigenvalue weighted by Gasteiger charge is -2.38. The van der Waals surface area contributed by atoms with Crippen LogP contribution in [0.1, 0.15) is 53.0 Å². The highest BCUT2D eigenvalue weighted by Gasteiger charge is 2.41. The van der Waals surface area contributed by atoms with Crippen LogP contribution in [0.4, 0.5) is 0 Å². The van der Waals surface area contributed by atoms with E-state index in [0.717, 1.165) is 30.8 Å². The maximum Gasteiger partial charge on any atom is 0.256 e. The van der Waals surface area contributed by atoms with Gasteiger partial charge in [0.2, 0.25) is 11.8 Å². The maximum absolute atomic E-state index is 13.0. The van der Waals surface area contributed by atoms with Gasteiger partial charge in [0.05, 0.1) is 29.7 Å². The van der Waals surface area contributed by atoms with E-state index >= 15 is 0 Å². The topological polar surface area (TPSA) is 121 Å². The second-order valence-corrected chi connectivity index (χ2v) is 10.5. The summed E-state index contributed by atoms with van der Waals surface area (Å²) in [5.41, 5.74) is 3.95. The van der Waals surface area contributed by atoms with Crippen LogP contribution >= 0.6 is 0 Å². The summed E-state index contributed by atoms with van der Waals surface area (Å²) in [6, 6.07) is 11.3. The predicted molar refractivity (Wildman–Crippen MR) is 137 cm³/mol. The molecule has 38 heavy (non-hydrogen) atoms. The Balaban J connectivity index is 1.09. The Kier molecular flexibility index (Phi) is 6.08. The van der Waals surface area contributed by atoms with Crippen molar-refractivity contribution < 1.29 is 19.5 Å². The van der Waals surface area contributed by atoms with Crippen LogP contribution in [-0.4, -0.2) is 66.5 Å². The molecule has 0 spiro atoms. The minimum atomic E-state index is -1.07. The first-order chi connectivity index (χ1) is 18.3. The molecule has 10 nitrogen and oxygen atoms in total. The van der Waals surface area contributed by atoms with E-state index < -0.39 is 17.6 Å². The Morgan fingerprint density at radius 2 is 1.82 bits per heavy atom. The van der Waals surface area contributed by atoms with E-state index in [-0.39, 0.29) is 24.8 Å². The van der Waals surface area contributed by atoms with Crippen LogP contribution in [0.15, 0.2) is 48.8 Å². The number of hydrogen-bond acceptors (Lipinski definition) is 7. The quantitative estimate of drug-likeness (QED) is 0.498. The minimum absolute atomic E-state index is 0.200. The largest absolute Gasteiger partial charge is 0.383 e. The van der Waals surface area contributed by atoms with E-state index in [1.165, 1.54) is 10.5 Å². The van der Waals surface area contributed by atoms with Gasteiger partial charge in [0.25, 0.3) is 5.91 Å². The molecule has 0 aliphatic carbocycles. The summed E-state index contributed by atoms with van der Waals surface area (Å²) in [7, 11) is 1.91. The summed E-state index contributed by atoms with van der Waals surface area (Å²) in [6.45, 7) is 2.45. The van der Waals surface area contributed by atoms with Gasteiger partial charge in [-0.3, -0.25) is 34.3 Å². The van der Waals surface area contributed by atoms with Crippen LogP contribution in [0.25, 0.3) is 11.1 Å². The summed E-state index contributed by atoms with van der Waals surface area (Å²) in [5, 5.41) is 18.0. The van der Waals surface area contributed by atoms with Gasteiger partial charge in [0.1, 0.15) is 11.6 Å². The molecule has 10 heteroatoms. The van der Waals surface area contributed by atoms with E-state index in [9.17, 15) is 19.5 Å². The molecule has 196 valence electrons. The number of pyridine rings is 1. The zero-order valence-electron chi connectivity index (χ0n) is 21.3. The summed E-state index contributed by atoms with van der Waals surface area (Å²) in [5.74, 6) is -1.02. The third-order valence-electron chi connectivity index (χ3n) is 7.93. The molecule has 3 aliphatic heterocycles. The van der Waals surface area contributed by atoms with Crippen LogP contribution in [0, 0.1) is 0 Å². The predicted octanol–water partition coefficient (Wildman–Crippen LogP) is 1.73. The van der Waals surface area contributed by atoms with Crippen LogP contribution < -0.4 is 5.32 Å². The Hall–Kier alpha value is -3.89. The molecule has 0 saturated carbocycles. The second-order valence-electron chi connectivity index (χ2n) is 10.5. The van der Waals surface area contributed by atoms with Gasteiger partial charge in [-0.05, 0) is 42.5 Å². The lowest BCUT2D eigenvalue weighted by molar-refractivity contribution is -0.136. The maximum atomic E-state index is 13.0. The first kappa shape index (κ1) is 24.4. The Labute approximate surface area is 220 Å². The Morgan fingerprint density at radius 3 is 2.50 bits per heavy atom. The highest BCUT2D eigenvalue weighted by atomic mass is 16.3. The van der Waals surface area contributed by atoms with Gasteiger partial charge >= 0.3 is 0 Å². The Morgan fingerprint density at radius 1 is 1.05 bits per heavy atom. The number of nitrogens with zero attached hydrogens (tertiary/aromatic N) is 5. The van der Waals surface area contributed by atoms with Crippen LogP contribution in [0.3, 0.4) is 0 Å². The van der Waals surface area contributed by atoms with E-state index in [0.29, 0.717) is 36.2 Å². The number of piperidine rings is 2. The van der Waals surface area contributed by atoms with E-state index in [2.05, 4.69) is 39.6 Å². The van der Waals surface area contributed by atoms with Gasteiger partial charge in [-0.1, -0.05) is 24.3 Å². The molecule has 0 bridgehead atoms. The lowest BCUT2D eigenvalue weighted by atomic mass is 9.87. The van der Waals surface area contributed by atoms with Crippen molar-refractivity contribution >= 4 is 17.7 Å². The molecule has 1 aromatic carbocycles. The van der Waals surface area contributed by atoms with Crippen LogP contribution in [0.2, 0.25) is 0 Å². The number of carbonyl (C=O) groups is 3. The number of likely N-dealkylation sites (tertiary alicyclic amines) is 1. The van der Waals surface area contributed by atoms with Gasteiger partial charge in [-0.15, -0.1) is 0 Å². The average Bonchev–Trinajstić information content (AvgIpc) is 3.49. The molecule has 3 aromatic rings. The number of benzene rings is 1. The molecule has 6 rings (SSSR count). The van der Waals surface area contributed by atoms with Gasteiger partial charge in [0.15, 0.2) is 0 Å². The summed E-state index contributed by atoms with van der Waals surface area (Å²) in [4.78, 5) is 45.3. The fourth-order valence-electron chi connectivity index (χ4n) is 5.66. The van der Waals surface area contributed by atoms with Crippen molar-refractivity contribution in [2.45, 2.75) is 50.4 Å². The molecule has 0 radical (unpaired) electrons. The monoisotopic (exact) mass is 514 g/mol. The van der Waals surface area contributed by atoms with Crippen molar-refractivity contribution in [1.82, 2.24) is 29.9 Å². The third-order valence-corrected chi connectivity index (χ3v) is 7.93. The summed E-state index contributed by atoms with van der Waals surface area (Å²) in [6.07, 6.45) is 5.45. The van der Waals surface area contributed by atoms with Gasteiger partial charge in [0, 0.05) is 44.9 Å². The zero-order valence-corrected chi connectivity index (χ0v) is 21.3. The Bertz CT molecular complexity index is 1410. The molecule has 5 heterocycles. The van der Waals surface area contributed by atoms with Gasteiger partial charge in [-0.2, -0.15) is 5.10 Å². The number of amides is 3. The summed E-state index contributed by atoms with van der Waals surface area (Å²) < 4.78 is 1.79. The highest BCUT2D eigenvalue weighted by Crippen LogP contribution is 2.35. The van der Waals surface area contributed by atoms with Crippen molar-refractivity contribution in [3.8, 4) is 11.1 Å². The van der Waals surface area contributed by atoms with E-state index in [1.54, 1.807) is 16.8 Å². The summed E-state index contributed by atoms with van der Waals surface area (Å²) >= 11 is 0. The molecular formula is C28H30N6O4. The number of aromatic nitrogens is 3. The van der Waals surface area contributed by atoms with E-state index in [1.807, 2.05) is 19.4 Å². The number of nitrogens with one attached hydrogen (secondary N) is 1. The first-order valence-electron chi connectivity index (χ1n) is 13.0. The second kappa shape index (κ2) is 9.45. The molecular weight excluding hydrogens is 484 g/mol. The van der Waals surface area contributed by atoms with Crippen molar-refractivity contribution in [3.05, 3.63) is 71.3 Å². The van der Waals surface area contributed by atoms with Gasteiger partial charge in [-0.25, -0.2) is 0 Å². The number of hydrogen-bond donors (Lipinski definition) is 2. The SMILES string of the molecule is Cn1cc(-c2ccc(CN3CCC(O)(c4ccc5c(n4)CN(C4CCC(=O)NC4=O)C5=O)CC3)cc2)cn1. The highest BCUT2D eigenvalue weighted by molar-refractivity contribution is 6.05. The number of aryl methyl sites for hydroxylation is 1. The molecule has 2 N–H and O–H groups in total. The van der Waals surface area contributed by atoms with Crippen molar-refractivity contribution in [1.29, 1.82) is 0 Å². The number of rotatable bonds is 5. The number of aliphatic hydroxyl groups is 1. The minimum Gasteiger partial charge on any atom is -0.383 e. The normalized spacial score (nSPS) is 21.5. The standard InChI is InChI=1S/C28H30N6O4/c1-32-16-20(14-29-32)19-4-2-18(3-5-19)15-33-12-10-28(38,11-13-33)24-8-6-21-22(30-24)17-34(27(21)37)23-7-9-25(35)31-26(23)36/h2-6,8,14,16,23,38H,7,9-13,15,17H2,1H3,(H,31,35,36).